The lowest BCUT2D eigenvalue weighted by Gasteiger charge is -2.41. The maximum Gasteiger partial charge on any atom is 0.256 e. The van der Waals surface area contributed by atoms with Gasteiger partial charge in [-0.15, -0.1) is 0 Å². The lowest BCUT2D eigenvalue weighted by Crippen LogP contribution is -2.47. The molecule has 0 aliphatic carbocycles. The molecule has 0 N–H and O–H groups in total. The van der Waals surface area contributed by atoms with Crippen LogP contribution in [0.2, 0.25) is 0 Å². The summed E-state index contributed by atoms with van der Waals surface area (Å²) in [5.74, 6) is 0.0537. The van der Waals surface area contributed by atoms with Crippen molar-refractivity contribution >= 4 is 5.91 Å². The molecule has 3 aromatic rings. The fraction of sp³-hybridized carbons (Fsp3) is 0.286. The second kappa shape index (κ2) is 6.75. The van der Waals surface area contributed by atoms with Gasteiger partial charge in [0.1, 0.15) is 12.7 Å². The highest BCUT2D eigenvalue weighted by atomic mass is 16.2. The molecule has 132 valence electrons. The summed E-state index contributed by atoms with van der Waals surface area (Å²) in [4.78, 5) is 19.3. The number of aromatic nitrogens is 3. The number of rotatable bonds is 3. The first-order valence-electron chi connectivity index (χ1n) is 8.96. The summed E-state index contributed by atoms with van der Waals surface area (Å²) in [5, 5.41) is 4.19. The van der Waals surface area contributed by atoms with Crippen molar-refractivity contribution in [3.63, 3.8) is 0 Å². The second-order valence-corrected chi connectivity index (χ2v) is 7.11. The Balaban J connectivity index is 1.63. The van der Waals surface area contributed by atoms with Gasteiger partial charge in [-0.25, -0.2) is 9.67 Å². The van der Waals surface area contributed by atoms with E-state index in [2.05, 4.69) is 41.3 Å². The number of carbonyl (C=O) groups excluding carboxylic acids is 1. The van der Waals surface area contributed by atoms with Crippen LogP contribution >= 0.6 is 0 Å². The third kappa shape index (κ3) is 3.01. The van der Waals surface area contributed by atoms with E-state index in [9.17, 15) is 4.79 Å². The van der Waals surface area contributed by atoms with Crippen molar-refractivity contribution in [3.05, 3.63) is 78.4 Å². The van der Waals surface area contributed by atoms with Gasteiger partial charge in [-0.2, -0.15) is 5.10 Å². The maximum absolute atomic E-state index is 13.3. The van der Waals surface area contributed by atoms with Crippen molar-refractivity contribution in [2.75, 3.05) is 13.1 Å². The molecule has 4 rings (SSSR count). The maximum atomic E-state index is 13.3. The molecular formula is C21H22N4O. The number of benzene rings is 2. The van der Waals surface area contributed by atoms with Crippen LogP contribution in [0.15, 0.2) is 67.3 Å². The zero-order chi connectivity index (χ0) is 18.0. The summed E-state index contributed by atoms with van der Waals surface area (Å²) < 4.78 is 1.65. The van der Waals surface area contributed by atoms with Gasteiger partial charge in [0, 0.05) is 18.5 Å². The molecule has 2 aromatic carbocycles. The van der Waals surface area contributed by atoms with Crippen LogP contribution in [-0.4, -0.2) is 38.7 Å². The molecule has 1 fully saturated rings. The zero-order valence-electron chi connectivity index (χ0n) is 14.9. The lowest BCUT2D eigenvalue weighted by molar-refractivity contribution is 0.0651. The molecule has 1 aromatic heterocycles. The number of hydrogen-bond acceptors (Lipinski definition) is 3. The Morgan fingerprint density at radius 2 is 1.85 bits per heavy atom. The Labute approximate surface area is 153 Å². The molecule has 1 aliphatic rings. The SMILES string of the molecule is CC1(c2ccccc2)CCCN(C(=O)c2ccccc2-n2cncn2)C1. The molecule has 2 heterocycles. The largest absolute Gasteiger partial charge is 0.338 e. The van der Waals surface area contributed by atoms with E-state index < -0.39 is 0 Å². The number of likely N-dealkylation sites (tertiary alicyclic amines) is 1. The van der Waals surface area contributed by atoms with Crippen LogP contribution < -0.4 is 0 Å². The summed E-state index contributed by atoms with van der Waals surface area (Å²) in [6.45, 7) is 3.76. The molecule has 5 nitrogen and oxygen atoms in total. The van der Waals surface area contributed by atoms with E-state index in [0.717, 1.165) is 31.6 Å². The van der Waals surface area contributed by atoms with E-state index in [1.807, 2.05) is 35.2 Å². The van der Waals surface area contributed by atoms with Crippen molar-refractivity contribution in [1.29, 1.82) is 0 Å². The standard InChI is InChI=1S/C21H22N4O/c1-21(17-8-3-2-4-9-17)12-7-13-24(14-21)20(26)18-10-5-6-11-19(18)25-16-22-15-23-25/h2-6,8-11,15-16H,7,12-14H2,1H3. The molecule has 1 saturated heterocycles. The molecule has 0 radical (unpaired) electrons. The molecular weight excluding hydrogens is 324 g/mol. The first kappa shape index (κ1) is 16.5. The molecule has 26 heavy (non-hydrogen) atoms. The van der Waals surface area contributed by atoms with Gasteiger partial charge in [-0.3, -0.25) is 4.79 Å². The lowest BCUT2D eigenvalue weighted by atomic mass is 9.76. The molecule has 0 saturated carbocycles. The summed E-state index contributed by atoms with van der Waals surface area (Å²) in [6, 6.07) is 18.1. The van der Waals surface area contributed by atoms with Gasteiger partial charge in [0.25, 0.3) is 5.91 Å². The molecule has 1 unspecified atom stereocenters. The van der Waals surface area contributed by atoms with Crippen LogP contribution in [-0.2, 0) is 5.41 Å². The Hall–Kier alpha value is -2.95. The summed E-state index contributed by atoms with van der Waals surface area (Å²) in [6.07, 6.45) is 5.19. The Kier molecular flexibility index (Phi) is 4.29. The number of nitrogens with zero attached hydrogens (tertiary/aromatic N) is 4. The van der Waals surface area contributed by atoms with Crippen molar-refractivity contribution in [1.82, 2.24) is 19.7 Å². The Bertz CT molecular complexity index is 891. The molecule has 1 amide bonds. The second-order valence-electron chi connectivity index (χ2n) is 7.11. The normalized spacial score (nSPS) is 20.1. The fourth-order valence-corrected chi connectivity index (χ4v) is 3.85. The van der Waals surface area contributed by atoms with Crippen LogP contribution in [0, 0.1) is 0 Å². The highest BCUT2D eigenvalue weighted by Gasteiger charge is 2.35. The van der Waals surface area contributed by atoms with Gasteiger partial charge < -0.3 is 4.90 Å². The Morgan fingerprint density at radius 1 is 1.08 bits per heavy atom. The average Bonchev–Trinajstić information content (AvgIpc) is 3.23. The van der Waals surface area contributed by atoms with Crippen LogP contribution in [0.4, 0.5) is 0 Å². The Morgan fingerprint density at radius 3 is 2.62 bits per heavy atom. The zero-order valence-corrected chi connectivity index (χ0v) is 14.9. The van der Waals surface area contributed by atoms with Gasteiger partial charge in [-0.1, -0.05) is 49.4 Å². The van der Waals surface area contributed by atoms with Gasteiger partial charge >= 0.3 is 0 Å². The van der Waals surface area contributed by atoms with E-state index in [4.69, 9.17) is 0 Å². The van der Waals surface area contributed by atoms with E-state index in [-0.39, 0.29) is 11.3 Å². The topological polar surface area (TPSA) is 51.0 Å². The molecule has 0 spiro atoms. The number of amides is 1. The van der Waals surface area contributed by atoms with Crippen LogP contribution in [0.3, 0.4) is 0 Å². The van der Waals surface area contributed by atoms with Crippen molar-refractivity contribution in [2.45, 2.75) is 25.2 Å². The smallest absolute Gasteiger partial charge is 0.256 e. The van der Waals surface area contributed by atoms with Crippen LogP contribution in [0.1, 0.15) is 35.7 Å². The van der Waals surface area contributed by atoms with E-state index >= 15 is 0 Å². The molecule has 0 bridgehead atoms. The quantitative estimate of drug-likeness (QED) is 0.730. The minimum absolute atomic E-state index is 0.0165. The van der Waals surface area contributed by atoms with Crippen LogP contribution in [0.25, 0.3) is 5.69 Å². The number of hydrogen-bond donors (Lipinski definition) is 0. The number of piperidine rings is 1. The third-order valence-electron chi connectivity index (χ3n) is 5.25. The van der Waals surface area contributed by atoms with Crippen LogP contribution in [0.5, 0.6) is 0 Å². The van der Waals surface area contributed by atoms with Crippen molar-refractivity contribution in [3.8, 4) is 5.69 Å². The molecule has 1 aliphatic heterocycles. The third-order valence-corrected chi connectivity index (χ3v) is 5.25. The van der Waals surface area contributed by atoms with Gasteiger partial charge in [0.15, 0.2) is 0 Å². The average molecular weight is 346 g/mol. The van der Waals surface area contributed by atoms with Gasteiger partial charge in [0.2, 0.25) is 0 Å². The highest BCUT2D eigenvalue weighted by molar-refractivity contribution is 5.97. The summed E-state index contributed by atoms with van der Waals surface area (Å²) >= 11 is 0. The first-order valence-corrected chi connectivity index (χ1v) is 8.96. The van der Waals surface area contributed by atoms with E-state index in [1.54, 1.807) is 11.0 Å². The summed E-state index contributed by atoms with van der Waals surface area (Å²) in [7, 11) is 0. The minimum Gasteiger partial charge on any atom is -0.338 e. The number of carbonyl (C=O) groups is 1. The minimum atomic E-state index is -0.0165. The first-order chi connectivity index (χ1) is 12.7. The summed E-state index contributed by atoms with van der Waals surface area (Å²) in [5.41, 5.74) is 2.71. The van der Waals surface area contributed by atoms with Crippen molar-refractivity contribution in [2.24, 2.45) is 0 Å². The van der Waals surface area contributed by atoms with Gasteiger partial charge in [-0.05, 0) is 30.5 Å². The predicted molar refractivity (Wildman–Crippen MR) is 100 cm³/mol. The van der Waals surface area contributed by atoms with Crippen molar-refractivity contribution < 1.29 is 4.79 Å². The molecule has 1 atom stereocenters. The van der Waals surface area contributed by atoms with Gasteiger partial charge in [0.05, 0.1) is 11.3 Å². The predicted octanol–water partition coefficient (Wildman–Crippen LogP) is 3.46. The highest BCUT2D eigenvalue weighted by Crippen LogP contribution is 2.34. The number of para-hydroxylation sites is 1. The van der Waals surface area contributed by atoms with E-state index in [1.165, 1.54) is 11.9 Å². The molecule has 5 heteroatoms. The monoisotopic (exact) mass is 346 g/mol. The van der Waals surface area contributed by atoms with E-state index in [0.29, 0.717) is 5.56 Å². The fourth-order valence-electron chi connectivity index (χ4n) is 3.85.